The van der Waals surface area contributed by atoms with Crippen LogP contribution in [0.25, 0.3) is 0 Å². The summed E-state index contributed by atoms with van der Waals surface area (Å²) in [7, 11) is 3.61. The Balaban J connectivity index is 1.88. The summed E-state index contributed by atoms with van der Waals surface area (Å²) < 4.78 is 5.43. The number of likely N-dealkylation sites (N-methyl/N-ethyl adjacent to an activating group) is 1. The normalized spacial score (nSPS) is 18.2. The Labute approximate surface area is 144 Å². The van der Waals surface area contributed by atoms with Crippen LogP contribution in [0.2, 0.25) is 0 Å². The number of methoxy groups -OCH3 is 1. The maximum atomic E-state index is 12.7. The zero-order valence-electron chi connectivity index (χ0n) is 14.1. The van der Waals surface area contributed by atoms with Crippen molar-refractivity contribution in [3.8, 4) is 5.75 Å². The van der Waals surface area contributed by atoms with Gasteiger partial charge in [-0.25, -0.2) is 4.79 Å². The molecule has 1 aromatic heterocycles. The van der Waals surface area contributed by atoms with Gasteiger partial charge in [0.2, 0.25) is 0 Å². The highest BCUT2D eigenvalue weighted by molar-refractivity contribution is 5.93. The molecule has 8 nitrogen and oxygen atoms in total. The van der Waals surface area contributed by atoms with Crippen molar-refractivity contribution in [1.29, 1.82) is 0 Å². The molecule has 2 N–H and O–H groups in total. The number of hydrogen-bond donors (Lipinski definition) is 2. The fourth-order valence-corrected chi connectivity index (χ4v) is 3.07. The minimum absolute atomic E-state index is 0.0457. The number of ether oxygens (including phenoxy) is 1. The topological polar surface area (TPSA) is 98.5 Å². The van der Waals surface area contributed by atoms with Gasteiger partial charge in [-0.05, 0) is 13.1 Å². The van der Waals surface area contributed by atoms with E-state index in [1.54, 1.807) is 12.0 Å². The second-order valence-electron chi connectivity index (χ2n) is 5.98. The van der Waals surface area contributed by atoms with Crippen molar-refractivity contribution in [2.24, 2.45) is 0 Å². The van der Waals surface area contributed by atoms with Crippen molar-refractivity contribution < 1.29 is 9.53 Å². The van der Waals surface area contributed by atoms with E-state index in [9.17, 15) is 14.4 Å². The van der Waals surface area contributed by atoms with Gasteiger partial charge in [-0.15, -0.1) is 0 Å². The van der Waals surface area contributed by atoms with Gasteiger partial charge in [0.05, 0.1) is 13.2 Å². The molecule has 1 aliphatic heterocycles. The second-order valence-corrected chi connectivity index (χ2v) is 5.98. The molecule has 0 radical (unpaired) electrons. The molecular weight excluding hydrogens is 324 g/mol. The van der Waals surface area contributed by atoms with E-state index in [-0.39, 0.29) is 11.6 Å². The lowest BCUT2D eigenvalue weighted by atomic mass is 10.0. The van der Waals surface area contributed by atoms with Crippen molar-refractivity contribution in [1.82, 2.24) is 19.8 Å². The van der Waals surface area contributed by atoms with Gasteiger partial charge in [-0.3, -0.25) is 19.5 Å². The zero-order valence-corrected chi connectivity index (χ0v) is 14.1. The molecule has 132 valence electrons. The Morgan fingerprint density at radius 1 is 1.24 bits per heavy atom. The molecule has 2 aromatic rings. The van der Waals surface area contributed by atoms with E-state index >= 15 is 0 Å². The number of aromatic amines is 2. The number of rotatable bonds is 3. The summed E-state index contributed by atoms with van der Waals surface area (Å²) in [6, 6.07) is 7.64. The third-order valence-corrected chi connectivity index (χ3v) is 4.48. The summed E-state index contributed by atoms with van der Waals surface area (Å²) in [5.41, 5.74) is -0.392. The predicted octanol–water partition coefficient (Wildman–Crippen LogP) is 0.201. The fraction of sp³-hybridized carbons (Fsp3) is 0.353. The van der Waals surface area contributed by atoms with Gasteiger partial charge < -0.3 is 14.6 Å². The van der Waals surface area contributed by atoms with Crippen LogP contribution in [0.4, 0.5) is 0 Å². The number of aromatic nitrogens is 2. The van der Waals surface area contributed by atoms with Gasteiger partial charge in [-0.2, -0.15) is 0 Å². The van der Waals surface area contributed by atoms with Crippen LogP contribution in [0.3, 0.4) is 0 Å². The summed E-state index contributed by atoms with van der Waals surface area (Å²) >= 11 is 0. The number of piperazine rings is 1. The van der Waals surface area contributed by atoms with Crippen LogP contribution in [-0.2, 0) is 0 Å². The predicted molar refractivity (Wildman–Crippen MR) is 92.0 cm³/mol. The molecule has 1 amide bonds. The molecule has 1 saturated heterocycles. The fourth-order valence-electron chi connectivity index (χ4n) is 3.07. The van der Waals surface area contributed by atoms with Gasteiger partial charge in [-0.1, -0.05) is 18.2 Å². The number of amides is 1. The van der Waals surface area contributed by atoms with Crippen LogP contribution >= 0.6 is 0 Å². The monoisotopic (exact) mass is 344 g/mol. The summed E-state index contributed by atoms with van der Waals surface area (Å²) in [6.45, 7) is 1.59. The van der Waals surface area contributed by atoms with Crippen molar-refractivity contribution in [2.75, 3.05) is 33.8 Å². The Morgan fingerprint density at radius 3 is 2.72 bits per heavy atom. The zero-order chi connectivity index (χ0) is 18.0. The first-order valence-corrected chi connectivity index (χ1v) is 7.95. The highest BCUT2D eigenvalue weighted by Crippen LogP contribution is 2.31. The van der Waals surface area contributed by atoms with E-state index in [2.05, 4.69) is 14.9 Å². The molecule has 3 rings (SSSR count). The molecule has 1 unspecified atom stereocenters. The number of benzene rings is 1. The van der Waals surface area contributed by atoms with Gasteiger partial charge >= 0.3 is 5.69 Å². The largest absolute Gasteiger partial charge is 0.496 e. The van der Waals surface area contributed by atoms with E-state index in [0.29, 0.717) is 19.6 Å². The average Bonchev–Trinajstić information content (AvgIpc) is 2.61. The third kappa shape index (κ3) is 3.34. The molecule has 0 bridgehead atoms. The minimum Gasteiger partial charge on any atom is -0.496 e. The summed E-state index contributed by atoms with van der Waals surface area (Å²) in [6.07, 6.45) is 1.17. The minimum atomic E-state index is -0.679. The van der Waals surface area contributed by atoms with Crippen LogP contribution < -0.4 is 16.0 Å². The van der Waals surface area contributed by atoms with Crippen LogP contribution in [0.15, 0.2) is 40.1 Å². The van der Waals surface area contributed by atoms with Gasteiger partial charge in [0, 0.05) is 31.4 Å². The van der Waals surface area contributed by atoms with Gasteiger partial charge in [0.25, 0.3) is 11.5 Å². The lowest BCUT2D eigenvalue weighted by Crippen LogP contribution is -2.50. The summed E-state index contributed by atoms with van der Waals surface area (Å²) in [5, 5.41) is 0. The standard InChI is InChI=1S/C17H20N4O4/c1-20-7-8-21(16(23)12-9-18-17(24)19-15(12)22)10-13(20)11-5-3-4-6-14(11)25-2/h3-6,9,13H,7-8,10H2,1-2H3,(H2,18,19,22,24). The van der Waals surface area contributed by atoms with Crippen LogP contribution in [0.5, 0.6) is 5.75 Å². The molecule has 0 saturated carbocycles. The molecule has 1 fully saturated rings. The van der Waals surface area contributed by atoms with Crippen molar-refractivity contribution >= 4 is 5.91 Å². The second kappa shape index (κ2) is 6.94. The Hall–Kier alpha value is -2.87. The third-order valence-electron chi connectivity index (χ3n) is 4.48. The van der Waals surface area contributed by atoms with Crippen molar-refractivity contribution in [3.63, 3.8) is 0 Å². The maximum absolute atomic E-state index is 12.7. The van der Waals surface area contributed by atoms with E-state index in [4.69, 9.17) is 4.74 Å². The number of nitrogens with zero attached hydrogens (tertiary/aromatic N) is 2. The summed E-state index contributed by atoms with van der Waals surface area (Å²) in [5.74, 6) is 0.362. The highest BCUT2D eigenvalue weighted by Gasteiger charge is 2.31. The lowest BCUT2D eigenvalue weighted by Gasteiger charge is -2.40. The lowest BCUT2D eigenvalue weighted by molar-refractivity contribution is 0.0540. The van der Waals surface area contributed by atoms with Crippen LogP contribution in [0, 0.1) is 0 Å². The number of hydrogen-bond acceptors (Lipinski definition) is 5. The molecule has 1 aliphatic rings. The van der Waals surface area contributed by atoms with Crippen LogP contribution in [0.1, 0.15) is 22.0 Å². The smallest absolute Gasteiger partial charge is 0.325 e. The Morgan fingerprint density at radius 2 is 2.00 bits per heavy atom. The van der Waals surface area contributed by atoms with E-state index in [1.165, 1.54) is 6.20 Å². The number of carbonyl (C=O) groups excluding carboxylic acids is 1. The van der Waals surface area contributed by atoms with Crippen LogP contribution in [-0.4, -0.2) is 59.5 Å². The number of carbonyl (C=O) groups is 1. The van der Waals surface area contributed by atoms with E-state index < -0.39 is 17.2 Å². The number of H-pyrrole nitrogens is 2. The number of para-hydroxylation sites is 1. The SMILES string of the molecule is COc1ccccc1C1CN(C(=O)c2c[nH]c(=O)[nH]c2=O)CCN1C. The molecule has 0 spiro atoms. The quantitative estimate of drug-likeness (QED) is 0.829. The van der Waals surface area contributed by atoms with Gasteiger partial charge in [0.1, 0.15) is 11.3 Å². The first-order chi connectivity index (χ1) is 12.0. The molecule has 8 heteroatoms. The molecule has 25 heavy (non-hydrogen) atoms. The first-order valence-electron chi connectivity index (χ1n) is 7.95. The van der Waals surface area contributed by atoms with E-state index in [1.807, 2.05) is 31.3 Å². The first kappa shape index (κ1) is 17.0. The summed E-state index contributed by atoms with van der Waals surface area (Å²) in [4.78, 5) is 43.9. The van der Waals surface area contributed by atoms with Crippen molar-refractivity contribution in [2.45, 2.75) is 6.04 Å². The highest BCUT2D eigenvalue weighted by atomic mass is 16.5. The number of nitrogens with one attached hydrogen (secondary N) is 2. The average molecular weight is 344 g/mol. The Bertz CT molecular complexity index is 888. The maximum Gasteiger partial charge on any atom is 0.325 e. The molecule has 1 aromatic carbocycles. The molecular formula is C17H20N4O4. The molecule has 2 heterocycles. The Kier molecular flexibility index (Phi) is 4.71. The molecule has 0 aliphatic carbocycles. The van der Waals surface area contributed by atoms with Crippen molar-refractivity contribution in [3.05, 3.63) is 62.4 Å². The van der Waals surface area contributed by atoms with Gasteiger partial charge in [0.15, 0.2) is 0 Å². The van der Waals surface area contributed by atoms with E-state index in [0.717, 1.165) is 11.3 Å². The molecule has 1 atom stereocenters.